The number of hydrogen-bond donors (Lipinski definition) is 2. The molecule has 3 fully saturated rings. The van der Waals surface area contributed by atoms with Crippen molar-refractivity contribution in [1.82, 2.24) is 15.5 Å². The second kappa shape index (κ2) is 11.9. The molecular weight excluding hydrogens is 491 g/mol. The molecule has 0 aromatic carbocycles. The normalized spacial score (nSPS) is 28.7. The molecule has 0 aromatic rings. The van der Waals surface area contributed by atoms with Crippen molar-refractivity contribution in [1.29, 1.82) is 0 Å². The number of aliphatic imine (C=N–C) groups is 1. The predicted molar refractivity (Wildman–Crippen MR) is 133 cm³/mol. The highest BCUT2D eigenvalue weighted by Gasteiger charge is 2.36. The van der Waals surface area contributed by atoms with Gasteiger partial charge in [-0.1, -0.05) is 40.0 Å². The van der Waals surface area contributed by atoms with Gasteiger partial charge in [-0.25, -0.2) is 0 Å². The quantitative estimate of drug-likeness (QED) is 0.327. The number of hydrogen-bond acceptors (Lipinski definition) is 3. The molecule has 0 bridgehead atoms. The Labute approximate surface area is 200 Å². The summed E-state index contributed by atoms with van der Waals surface area (Å²) in [6.07, 6.45) is 9.46. The first-order valence-electron chi connectivity index (χ1n) is 11.8. The summed E-state index contributed by atoms with van der Waals surface area (Å²) < 4.78 is 6.11. The van der Waals surface area contributed by atoms with Crippen molar-refractivity contribution >= 4 is 35.8 Å². The second-order valence-corrected chi connectivity index (χ2v) is 10.3. The maximum atomic E-state index is 12.8. The van der Waals surface area contributed by atoms with Crippen LogP contribution in [0.3, 0.4) is 0 Å². The van der Waals surface area contributed by atoms with Crippen LogP contribution in [0.1, 0.15) is 72.1 Å². The van der Waals surface area contributed by atoms with Crippen LogP contribution < -0.4 is 10.6 Å². The van der Waals surface area contributed by atoms with Crippen molar-refractivity contribution in [3.8, 4) is 0 Å². The topological polar surface area (TPSA) is 66.0 Å². The largest absolute Gasteiger partial charge is 0.377 e. The van der Waals surface area contributed by atoms with E-state index in [2.05, 4.69) is 41.3 Å². The minimum Gasteiger partial charge on any atom is -0.377 e. The molecule has 0 radical (unpaired) electrons. The van der Waals surface area contributed by atoms with E-state index in [4.69, 9.17) is 4.74 Å². The zero-order chi connectivity index (χ0) is 20.9. The molecule has 7 heteroatoms. The van der Waals surface area contributed by atoms with Crippen LogP contribution in [-0.4, -0.2) is 62.2 Å². The number of halogens is 1. The Bertz CT molecular complexity index is 572. The van der Waals surface area contributed by atoms with E-state index < -0.39 is 0 Å². The third kappa shape index (κ3) is 6.97. The Kier molecular flexibility index (Phi) is 10.2. The average molecular weight is 535 g/mol. The zero-order valence-corrected chi connectivity index (χ0v) is 21.7. The molecule has 2 N–H and O–H groups in total. The van der Waals surface area contributed by atoms with Crippen molar-refractivity contribution in [2.75, 3.05) is 33.3 Å². The van der Waals surface area contributed by atoms with Gasteiger partial charge in [-0.15, -0.1) is 24.0 Å². The summed E-state index contributed by atoms with van der Waals surface area (Å²) in [5, 5.41) is 7.08. The van der Waals surface area contributed by atoms with E-state index in [0.717, 1.165) is 57.9 Å². The van der Waals surface area contributed by atoms with Crippen molar-refractivity contribution < 1.29 is 9.53 Å². The number of amides is 1. The Morgan fingerprint density at radius 2 is 1.83 bits per heavy atom. The number of nitrogens with zero attached hydrogens (tertiary/aromatic N) is 2. The van der Waals surface area contributed by atoms with Gasteiger partial charge in [-0.2, -0.15) is 0 Å². The van der Waals surface area contributed by atoms with Gasteiger partial charge in [0.1, 0.15) is 0 Å². The standard InChI is InChI=1S/C23H42N4O2.HI/c1-23(2,3)20-18(11-8-14-29-20)15-25-22(24-4)26-19-12-13-27(16-19)21(28)17-9-6-5-7-10-17;/h17-20H,5-16H2,1-4H3,(H2,24,25,26);1H. The van der Waals surface area contributed by atoms with Gasteiger partial charge in [0, 0.05) is 51.2 Å². The van der Waals surface area contributed by atoms with E-state index in [1.54, 1.807) is 0 Å². The molecule has 30 heavy (non-hydrogen) atoms. The Hall–Kier alpha value is -0.570. The minimum absolute atomic E-state index is 0. The van der Waals surface area contributed by atoms with Crippen LogP contribution in [0.25, 0.3) is 0 Å². The number of carbonyl (C=O) groups is 1. The van der Waals surface area contributed by atoms with Gasteiger partial charge < -0.3 is 20.3 Å². The molecule has 2 saturated heterocycles. The summed E-state index contributed by atoms with van der Waals surface area (Å²) in [7, 11) is 1.83. The van der Waals surface area contributed by atoms with Gasteiger partial charge >= 0.3 is 0 Å². The Balaban J connectivity index is 0.00000320. The molecule has 3 aliphatic rings. The maximum Gasteiger partial charge on any atom is 0.225 e. The van der Waals surface area contributed by atoms with Gasteiger partial charge in [-0.3, -0.25) is 9.79 Å². The highest BCUT2D eigenvalue weighted by molar-refractivity contribution is 14.0. The highest BCUT2D eigenvalue weighted by atomic mass is 127. The lowest BCUT2D eigenvalue weighted by Gasteiger charge is -2.40. The van der Waals surface area contributed by atoms with Crippen LogP contribution in [-0.2, 0) is 9.53 Å². The minimum atomic E-state index is 0. The molecule has 0 spiro atoms. The van der Waals surface area contributed by atoms with Crippen LogP contribution >= 0.6 is 24.0 Å². The first-order valence-corrected chi connectivity index (χ1v) is 11.8. The van der Waals surface area contributed by atoms with Gasteiger partial charge in [-0.05, 0) is 37.5 Å². The summed E-state index contributed by atoms with van der Waals surface area (Å²) in [6, 6.07) is 0.287. The van der Waals surface area contributed by atoms with E-state index in [1.807, 2.05) is 7.05 Å². The van der Waals surface area contributed by atoms with Crippen molar-refractivity contribution in [3.63, 3.8) is 0 Å². The lowest BCUT2D eigenvalue weighted by atomic mass is 9.78. The fraction of sp³-hybridized carbons (Fsp3) is 0.913. The lowest BCUT2D eigenvalue weighted by molar-refractivity contribution is -0.135. The van der Waals surface area contributed by atoms with Crippen LogP contribution in [0, 0.1) is 17.3 Å². The Morgan fingerprint density at radius 1 is 1.10 bits per heavy atom. The predicted octanol–water partition coefficient (Wildman–Crippen LogP) is 3.79. The number of carbonyl (C=O) groups excluding carboxylic acids is 1. The molecule has 174 valence electrons. The molecule has 3 atom stereocenters. The molecule has 1 aliphatic carbocycles. The molecule has 2 heterocycles. The van der Waals surface area contributed by atoms with Crippen LogP contribution in [0.4, 0.5) is 0 Å². The number of guanidine groups is 1. The van der Waals surface area contributed by atoms with Crippen molar-refractivity contribution in [3.05, 3.63) is 0 Å². The number of rotatable bonds is 4. The molecular formula is C23H43IN4O2. The fourth-order valence-corrected chi connectivity index (χ4v) is 5.31. The number of ether oxygens (including phenoxy) is 1. The molecule has 2 aliphatic heterocycles. The van der Waals surface area contributed by atoms with E-state index in [9.17, 15) is 4.79 Å². The van der Waals surface area contributed by atoms with Gasteiger partial charge in [0.05, 0.1) is 6.10 Å². The fourth-order valence-electron chi connectivity index (χ4n) is 5.31. The van der Waals surface area contributed by atoms with Crippen molar-refractivity contribution in [2.24, 2.45) is 22.2 Å². The third-order valence-electron chi connectivity index (χ3n) is 6.85. The summed E-state index contributed by atoms with van der Waals surface area (Å²) in [4.78, 5) is 19.3. The monoisotopic (exact) mass is 534 g/mol. The van der Waals surface area contributed by atoms with Crippen LogP contribution in [0.5, 0.6) is 0 Å². The second-order valence-electron chi connectivity index (χ2n) is 10.3. The lowest BCUT2D eigenvalue weighted by Crippen LogP contribution is -2.50. The summed E-state index contributed by atoms with van der Waals surface area (Å²) >= 11 is 0. The zero-order valence-electron chi connectivity index (χ0n) is 19.4. The number of likely N-dealkylation sites (tertiary alicyclic amines) is 1. The van der Waals surface area contributed by atoms with E-state index >= 15 is 0 Å². The van der Waals surface area contributed by atoms with E-state index in [-0.39, 0.29) is 47.5 Å². The highest BCUT2D eigenvalue weighted by Crippen LogP contribution is 2.33. The van der Waals surface area contributed by atoms with E-state index in [1.165, 1.54) is 25.7 Å². The average Bonchev–Trinajstić information content (AvgIpc) is 3.19. The molecule has 6 nitrogen and oxygen atoms in total. The van der Waals surface area contributed by atoms with Gasteiger partial charge in [0.25, 0.3) is 0 Å². The van der Waals surface area contributed by atoms with Crippen LogP contribution in [0.15, 0.2) is 4.99 Å². The van der Waals surface area contributed by atoms with Gasteiger partial charge in [0.15, 0.2) is 5.96 Å². The first-order chi connectivity index (χ1) is 13.9. The summed E-state index contributed by atoms with van der Waals surface area (Å²) in [5.41, 5.74) is 0.148. The smallest absolute Gasteiger partial charge is 0.225 e. The van der Waals surface area contributed by atoms with Gasteiger partial charge in [0.2, 0.25) is 5.91 Å². The molecule has 1 saturated carbocycles. The first kappa shape index (κ1) is 25.7. The number of nitrogens with one attached hydrogen (secondary N) is 2. The molecule has 0 aromatic heterocycles. The van der Waals surface area contributed by atoms with Crippen molar-refractivity contribution in [2.45, 2.75) is 84.3 Å². The Morgan fingerprint density at radius 3 is 2.50 bits per heavy atom. The summed E-state index contributed by atoms with van der Waals surface area (Å²) in [6.45, 7) is 10.2. The van der Waals surface area contributed by atoms with E-state index in [0.29, 0.717) is 11.8 Å². The molecule has 3 unspecified atom stereocenters. The molecule has 1 amide bonds. The SMILES string of the molecule is CN=C(NCC1CCCOC1C(C)(C)C)NC1CCN(C(=O)C2CCCCC2)C1.I. The third-order valence-corrected chi connectivity index (χ3v) is 6.85. The molecule has 3 rings (SSSR count). The summed E-state index contributed by atoms with van der Waals surface area (Å²) in [5.74, 6) is 1.99. The maximum absolute atomic E-state index is 12.8. The van der Waals surface area contributed by atoms with Crippen LogP contribution in [0.2, 0.25) is 0 Å².